The molecule has 2 heterocycles. The quantitative estimate of drug-likeness (QED) is 0.441. The first-order valence-electron chi connectivity index (χ1n) is 11.4. The highest BCUT2D eigenvalue weighted by molar-refractivity contribution is 7.12. The Bertz CT molecular complexity index is 1170. The van der Waals surface area contributed by atoms with Crippen molar-refractivity contribution in [3.8, 4) is 5.75 Å². The molecule has 1 aliphatic heterocycles. The van der Waals surface area contributed by atoms with Gasteiger partial charge in [0.2, 0.25) is 0 Å². The molecular weight excluding hydrogens is 462 g/mol. The van der Waals surface area contributed by atoms with Crippen LogP contribution in [0.25, 0.3) is 0 Å². The van der Waals surface area contributed by atoms with Crippen LogP contribution in [0.5, 0.6) is 5.75 Å². The van der Waals surface area contributed by atoms with Crippen LogP contribution in [0.1, 0.15) is 38.8 Å². The lowest BCUT2D eigenvalue weighted by atomic mass is 10.00. The zero-order chi connectivity index (χ0) is 24.8. The molecule has 0 bridgehead atoms. The molecule has 182 valence electrons. The Morgan fingerprint density at radius 3 is 2.46 bits per heavy atom. The predicted molar refractivity (Wildman–Crippen MR) is 137 cm³/mol. The van der Waals surface area contributed by atoms with E-state index in [2.05, 4.69) is 0 Å². The van der Waals surface area contributed by atoms with E-state index in [1.807, 2.05) is 48.7 Å². The number of carbonyl (C=O) groups excluding carboxylic acids is 2. The van der Waals surface area contributed by atoms with Gasteiger partial charge in [-0.1, -0.05) is 35.9 Å². The fourth-order valence-electron chi connectivity index (χ4n) is 3.99. The lowest BCUT2D eigenvalue weighted by Gasteiger charge is -2.27. The molecule has 4 rings (SSSR count). The van der Waals surface area contributed by atoms with E-state index < -0.39 is 0 Å². The highest BCUT2D eigenvalue weighted by Gasteiger charge is 2.34. The number of amides is 2. The first-order chi connectivity index (χ1) is 17.0. The van der Waals surface area contributed by atoms with Crippen molar-refractivity contribution in [2.24, 2.45) is 5.10 Å². The molecule has 8 heteroatoms. The maximum absolute atomic E-state index is 13.6. The molecule has 0 radical (unpaired) electrons. The van der Waals surface area contributed by atoms with E-state index in [1.165, 1.54) is 4.90 Å². The molecule has 1 aliphatic rings. The lowest BCUT2D eigenvalue weighted by molar-refractivity contribution is -0.133. The largest absolute Gasteiger partial charge is 0.497 e. The number of carbonyl (C=O) groups is 2. The number of benzene rings is 2. The Morgan fingerprint density at radius 2 is 1.83 bits per heavy atom. The van der Waals surface area contributed by atoms with Crippen LogP contribution >= 0.6 is 11.3 Å². The van der Waals surface area contributed by atoms with Crippen LogP contribution in [0.3, 0.4) is 0 Å². The normalized spacial score (nSPS) is 15.1. The van der Waals surface area contributed by atoms with Crippen LogP contribution < -0.4 is 4.74 Å². The molecule has 0 spiro atoms. The van der Waals surface area contributed by atoms with Gasteiger partial charge in [-0.2, -0.15) is 5.10 Å². The maximum Gasteiger partial charge on any atom is 0.262 e. The van der Waals surface area contributed by atoms with Crippen LogP contribution in [0.4, 0.5) is 0 Å². The number of ether oxygens (including phenoxy) is 2. The van der Waals surface area contributed by atoms with Crippen molar-refractivity contribution < 1.29 is 19.1 Å². The van der Waals surface area contributed by atoms with E-state index in [1.54, 1.807) is 54.8 Å². The van der Waals surface area contributed by atoms with E-state index in [4.69, 9.17) is 14.6 Å². The molecule has 0 aliphatic carbocycles. The molecule has 1 atom stereocenters. The second-order valence-corrected chi connectivity index (χ2v) is 9.29. The number of nitrogens with zero attached hydrogens (tertiary/aromatic N) is 3. The summed E-state index contributed by atoms with van der Waals surface area (Å²) in [7, 11) is 3.15. The lowest BCUT2D eigenvalue weighted by Crippen LogP contribution is -2.42. The Balaban J connectivity index is 1.59. The monoisotopic (exact) mass is 491 g/mol. The summed E-state index contributed by atoms with van der Waals surface area (Å²) < 4.78 is 10.4. The van der Waals surface area contributed by atoms with Crippen molar-refractivity contribution in [1.82, 2.24) is 9.91 Å². The minimum atomic E-state index is -0.244. The highest BCUT2D eigenvalue weighted by atomic mass is 32.1. The molecule has 0 saturated heterocycles. The van der Waals surface area contributed by atoms with Gasteiger partial charge in [0.15, 0.2) is 0 Å². The minimum absolute atomic E-state index is 0.0994. The third-order valence-electron chi connectivity index (χ3n) is 5.95. The van der Waals surface area contributed by atoms with Crippen molar-refractivity contribution in [2.45, 2.75) is 19.4 Å². The topological polar surface area (TPSA) is 71.4 Å². The number of aryl methyl sites for hydroxylation is 1. The van der Waals surface area contributed by atoms with E-state index >= 15 is 0 Å². The molecule has 0 unspecified atom stereocenters. The van der Waals surface area contributed by atoms with Gasteiger partial charge in [-0.05, 0) is 48.2 Å². The molecule has 0 saturated carbocycles. The fourth-order valence-corrected chi connectivity index (χ4v) is 4.71. The van der Waals surface area contributed by atoms with Gasteiger partial charge in [0.25, 0.3) is 11.8 Å². The van der Waals surface area contributed by atoms with Gasteiger partial charge in [-0.3, -0.25) is 9.59 Å². The molecule has 35 heavy (non-hydrogen) atoms. The maximum atomic E-state index is 13.6. The zero-order valence-corrected chi connectivity index (χ0v) is 21.0. The molecular formula is C27H29N3O4S. The van der Waals surface area contributed by atoms with Crippen LogP contribution in [-0.2, 0) is 9.53 Å². The van der Waals surface area contributed by atoms with Crippen molar-refractivity contribution in [3.63, 3.8) is 0 Å². The summed E-state index contributed by atoms with van der Waals surface area (Å²) in [5.41, 5.74) is 3.53. The second kappa shape index (κ2) is 11.3. The van der Waals surface area contributed by atoms with E-state index in [9.17, 15) is 9.59 Å². The molecule has 0 N–H and O–H groups in total. The molecule has 0 fully saturated rings. The smallest absolute Gasteiger partial charge is 0.262 e. The van der Waals surface area contributed by atoms with Gasteiger partial charge in [-0.25, -0.2) is 5.01 Å². The Morgan fingerprint density at radius 1 is 1.09 bits per heavy atom. The van der Waals surface area contributed by atoms with Crippen LogP contribution in [0.15, 0.2) is 71.1 Å². The third kappa shape index (κ3) is 5.78. The summed E-state index contributed by atoms with van der Waals surface area (Å²) in [6.45, 7) is 2.54. The summed E-state index contributed by atoms with van der Waals surface area (Å²) in [6.07, 6.45) is 0.625. The number of thiophene rings is 1. The summed E-state index contributed by atoms with van der Waals surface area (Å²) in [5.74, 6) is 0.182. The summed E-state index contributed by atoms with van der Waals surface area (Å²) >= 11 is 1.60. The van der Waals surface area contributed by atoms with Gasteiger partial charge in [0.1, 0.15) is 12.3 Å². The van der Waals surface area contributed by atoms with E-state index in [0.29, 0.717) is 24.3 Å². The van der Waals surface area contributed by atoms with Crippen LogP contribution in [-0.4, -0.2) is 61.4 Å². The molecule has 7 nitrogen and oxygen atoms in total. The van der Waals surface area contributed by atoms with Crippen molar-refractivity contribution in [3.05, 3.63) is 87.6 Å². The average molecular weight is 492 g/mol. The van der Waals surface area contributed by atoms with Crippen LogP contribution in [0.2, 0.25) is 0 Å². The fraction of sp³-hybridized carbons (Fsp3) is 0.296. The van der Waals surface area contributed by atoms with Gasteiger partial charge in [-0.15, -0.1) is 11.3 Å². The average Bonchev–Trinajstić information content (AvgIpc) is 3.57. The molecule has 2 aromatic carbocycles. The predicted octanol–water partition coefficient (Wildman–Crippen LogP) is 4.53. The Hall–Kier alpha value is -3.49. The molecule has 2 amide bonds. The van der Waals surface area contributed by atoms with Gasteiger partial charge < -0.3 is 14.4 Å². The molecule has 1 aromatic heterocycles. The Labute approximate surface area is 209 Å². The standard InChI is InChI=1S/C27H29N3O4S/c1-19-6-8-20(9-7-19)24-17-23(25-5-4-16-35-25)28-30(24)26(31)18-29(14-15-33-2)27(32)21-10-12-22(34-3)13-11-21/h4-13,16,24H,14-15,17-18H2,1-3H3/t24-/m0/s1. The van der Waals surface area contributed by atoms with E-state index in [0.717, 1.165) is 21.7 Å². The van der Waals surface area contributed by atoms with Crippen molar-refractivity contribution >= 4 is 28.9 Å². The minimum Gasteiger partial charge on any atom is -0.497 e. The Kier molecular flexibility index (Phi) is 7.94. The molecule has 3 aromatic rings. The second-order valence-electron chi connectivity index (χ2n) is 8.34. The number of hydrogen-bond acceptors (Lipinski definition) is 6. The number of hydrogen-bond donors (Lipinski definition) is 0. The third-order valence-corrected chi connectivity index (χ3v) is 6.87. The zero-order valence-electron chi connectivity index (χ0n) is 20.1. The van der Waals surface area contributed by atoms with Gasteiger partial charge >= 0.3 is 0 Å². The van der Waals surface area contributed by atoms with Crippen molar-refractivity contribution in [2.75, 3.05) is 33.9 Å². The van der Waals surface area contributed by atoms with Gasteiger partial charge in [0, 0.05) is 25.6 Å². The summed E-state index contributed by atoms with van der Waals surface area (Å²) in [4.78, 5) is 29.4. The van der Waals surface area contributed by atoms with Crippen LogP contribution in [0, 0.1) is 6.92 Å². The number of hydrazone groups is 1. The number of methoxy groups -OCH3 is 2. The highest BCUT2D eigenvalue weighted by Crippen LogP contribution is 2.34. The van der Waals surface area contributed by atoms with Gasteiger partial charge in [0.05, 0.1) is 30.3 Å². The first-order valence-corrected chi connectivity index (χ1v) is 12.3. The van der Waals surface area contributed by atoms with Crippen molar-refractivity contribution in [1.29, 1.82) is 0 Å². The SMILES string of the molecule is COCCN(CC(=O)N1N=C(c2cccs2)C[C@H]1c1ccc(C)cc1)C(=O)c1ccc(OC)cc1. The van der Waals surface area contributed by atoms with E-state index in [-0.39, 0.29) is 30.9 Å². The number of rotatable bonds is 9. The summed E-state index contributed by atoms with van der Waals surface area (Å²) in [5, 5.41) is 8.27. The summed E-state index contributed by atoms with van der Waals surface area (Å²) in [6, 6.07) is 18.8. The first kappa shape index (κ1) is 24.6.